The quantitative estimate of drug-likeness (QED) is 0.243. The second-order valence-electron chi connectivity index (χ2n) is 8.63. The average Bonchev–Trinajstić information content (AvgIpc) is 3.32. The third-order valence-electron chi connectivity index (χ3n) is 6.03. The van der Waals surface area contributed by atoms with E-state index in [9.17, 15) is 19.9 Å². The molecule has 13 nitrogen and oxygen atoms in total. The monoisotopic (exact) mass is 584 g/mol. The number of benzene rings is 2. The normalized spacial score (nSPS) is 27.0. The Morgan fingerprint density at radius 3 is 2.26 bits per heavy atom. The third-order valence-corrected chi connectivity index (χ3v) is 6.88. The standard InChI is InChI=1S/C23H28ClO10P.3H2O/c24-18-6-3-14(23-22(27)21(26)20(25)19(34-23)12-32-35(28,29)30)10-15(18)9-13-1-4-16(5-2-13)33-17-7-8-31-11-17;;;/h1-6,10,17,19-23,25-27H,7-9,11-12H2,(H2,28,29,30);3*1H2/t17?,19-,20-,21+,22-,23+;;;/m1.../s1. The molecule has 0 aromatic heterocycles. The van der Waals surface area contributed by atoms with E-state index in [0.717, 1.165) is 23.3 Å². The highest BCUT2D eigenvalue weighted by Crippen LogP contribution is 2.39. The van der Waals surface area contributed by atoms with Crippen molar-refractivity contribution in [2.45, 2.75) is 49.5 Å². The molecule has 0 aliphatic carbocycles. The number of rotatable bonds is 8. The zero-order chi connectivity index (χ0) is 25.2. The summed E-state index contributed by atoms with van der Waals surface area (Å²) in [6, 6.07) is 12.6. The molecule has 2 aliphatic rings. The number of hydrogen-bond acceptors (Lipinski definition) is 8. The van der Waals surface area contributed by atoms with Gasteiger partial charge < -0.3 is 55.7 Å². The molecule has 11 N–H and O–H groups in total. The predicted molar refractivity (Wildman–Crippen MR) is 135 cm³/mol. The van der Waals surface area contributed by atoms with E-state index in [0.29, 0.717) is 30.2 Å². The molecule has 38 heavy (non-hydrogen) atoms. The van der Waals surface area contributed by atoms with Crippen molar-refractivity contribution in [3.05, 3.63) is 64.2 Å². The number of phosphoric acid groups is 1. The number of ether oxygens (including phenoxy) is 3. The fourth-order valence-corrected chi connectivity index (χ4v) is 4.67. The van der Waals surface area contributed by atoms with Crippen LogP contribution in [0.2, 0.25) is 5.02 Å². The van der Waals surface area contributed by atoms with Gasteiger partial charge in [-0.15, -0.1) is 0 Å². The third kappa shape index (κ3) is 8.66. The topological polar surface area (TPSA) is 250 Å². The van der Waals surface area contributed by atoms with Gasteiger partial charge in [-0.3, -0.25) is 4.52 Å². The smallest absolute Gasteiger partial charge is 0.469 e. The Kier molecular flexibility index (Phi) is 13.2. The van der Waals surface area contributed by atoms with Gasteiger partial charge in [0.15, 0.2) is 0 Å². The van der Waals surface area contributed by atoms with Gasteiger partial charge in [0.1, 0.15) is 42.4 Å². The van der Waals surface area contributed by atoms with Crippen LogP contribution in [0.5, 0.6) is 5.75 Å². The Balaban J connectivity index is 0.00000241. The molecule has 0 radical (unpaired) electrons. The van der Waals surface area contributed by atoms with Crippen molar-refractivity contribution >= 4 is 19.4 Å². The molecule has 2 aromatic carbocycles. The second-order valence-corrected chi connectivity index (χ2v) is 10.3. The summed E-state index contributed by atoms with van der Waals surface area (Å²) in [6.45, 7) is 0.606. The van der Waals surface area contributed by atoms with Crippen LogP contribution in [0, 0.1) is 0 Å². The van der Waals surface area contributed by atoms with Crippen LogP contribution in [0.3, 0.4) is 0 Å². The summed E-state index contributed by atoms with van der Waals surface area (Å²) in [5.41, 5.74) is 2.18. The highest BCUT2D eigenvalue weighted by atomic mass is 35.5. The largest absolute Gasteiger partial charge is 0.488 e. The van der Waals surface area contributed by atoms with E-state index in [-0.39, 0.29) is 22.5 Å². The zero-order valence-electron chi connectivity index (χ0n) is 20.1. The van der Waals surface area contributed by atoms with Crippen molar-refractivity contribution in [3.63, 3.8) is 0 Å². The molecule has 2 aliphatic heterocycles. The van der Waals surface area contributed by atoms with Crippen LogP contribution in [0.25, 0.3) is 0 Å². The van der Waals surface area contributed by atoms with E-state index in [1.807, 2.05) is 24.3 Å². The molecule has 0 saturated carbocycles. The zero-order valence-corrected chi connectivity index (χ0v) is 21.8. The number of hydrogen-bond donors (Lipinski definition) is 5. The maximum atomic E-state index is 11.0. The van der Waals surface area contributed by atoms with Gasteiger partial charge in [-0.2, -0.15) is 0 Å². The SMILES string of the molecule is O.O.O.O=P(O)(O)OC[C@H]1O[C@@H](c2ccc(Cl)c(Cc3ccc(OC4CCOC4)cc3)c2)[C@H](O)[C@@H](O)[C@@H]1O. The molecule has 0 bridgehead atoms. The number of aliphatic hydroxyl groups excluding tert-OH is 3. The van der Waals surface area contributed by atoms with Crippen molar-refractivity contribution in [3.8, 4) is 5.75 Å². The molecular weight excluding hydrogens is 551 g/mol. The maximum Gasteiger partial charge on any atom is 0.469 e. The fourth-order valence-electron chi connectivity index (χ4n) is 4.15. The first-order valence-corrected chi connectivity index (χ1v) is 13.0. The lowest BCUT2D eigenvalue weighted by Gasteiger charge is -2.40. The van der Waals surface area contributed by atoms with Crippen LogP contribution >= 0.6 is 19.4 Å². The number of halogens is 1. The van der Waals surface area contributed by atoms with Gasteiger partial charge in [-0.05, 0) is 41.3 Å². The summed E-state index contributed by atoms with van der Waals surface area (Å²) in [5, 5.41) is 31.5. The van der Waals surface area contributed by atoms with Gasteiger partial charge in [0.05, 0.1) is 19.8 Å². The fraction of sp³-hybridized carbons (Fsp3) is 0.478. The minimum atomic E-state index is -4.82. The Morgan fingerprint density at radius 2 is 1.66 bits per heavy atom. The van der Waals surface area contributed by atoms with E-state index in [2.05, 4.69) is 4.52 Å². The molecule has 2 heterocycles. The lowest BCUT2D eigenvalue weighted by Crippen LogP contribution is -2.55. The van der Waals surface area contributed by atoms with E-state index in [1.54, 1.807) is 18.2 Å². The highest BCUT2D eigenvalue weighted by Gasteiger charge is 2.45. The summed E-state index contributed by atoms with van der Waals surface area (Å²) in [7, 11) is -4.82. The summed E-state index contributed by atoms with van der Waals surface area (Å²) >= 11 is 6.41. The summed E-state index contributed by atoms with van der Waals surface area (Å²) in [6.07, 6.45) is -5.68. The van der Waals surface area contributed by atoms with Crippen LogP contribution in [0.4, 0.5) is 0 Å². The predicted octanol–water partition coefficient (Wildman–Crippen LogP) is -0.744. The van der Waals surface area contributed by atoms with Crippen molar-refractivity contribution in [2.75, 3.05) is 19.8 Å². The molecule has 2 saturated heterocycles. The van der Waals surface area contributed by atoms with Gasteiger partial charge in [-0.25, -0.2) is 4.57 Å². The summed E-state index contributed by atoms with van der Waals surface area (Å²) in [5.74, 6) is 0.749. The van der Waals surface area contributed by atoms with Crippen molar-refractivity contribution in [2.24, 2.45) is 0 Å². The number of aliphatic hydroxyl groups is 3. The van der Waals surface area contributed by atoms with Gasteiger partial charge >= 0.3 is 7.82 Å². The number of phosphoric ester groups is 1. The first-order valence-electron chi connectivity index (χ1n) is 11.1. The van der Waals surface area contributed by atoms with Gasteiger partial charge in [0.25, 0.3) is 0 Å². The van der Waals surface area contributed by atoms with Crippen molar-refractivity contribution < 1.29 is 64.8 Å². The first-order chi connectivity index (χ1) is 16.6. The van der Waals surface area contributed by atoms with E-state index in [1.165, 1.54) is 0 Å². The molecule has 15 heteroatoms. The molecule has 2 aromatic rings. The van der Waals surface area contributed by atoms with Crippen LogP contribution in [-0.4, -0.2) is 91.9 Å². The molecular formula is C23H34ClO13P. The van der Waals surface area contributed by atoms with Crippen molar-refractivity contribution in [1.82, 2.24) is 0 Å². The van der Waals surface area contributed by atoms with Crippen LogP contribution in [-0.2, 0) is 25.0 Å². The Labute approximate surface area is 223 Å². The molecule has 2 fully saturated rings. The van der Waals surface area contributed by atoms with E-state index < -0.39 is 44.9 Å². The molecule has 0 spiro atoms. The Bertz CT molecular complexity index is 1040. The maximum absolute atomic E-state index is 11.0. The average molecular weight is 585 g/mol. The molecule has 6 atom stereocenters. The minimum Gasteiger partial charge on any atom is -0.488 e. The van der Waals surface area contributed by atoms with Gasteiger partial charge in [0, 0.05) is 11.4 Å². The van der Waals surface area contributed by atoms with Gasteiger partial charge in [0.2, 0.25) is 0 Å². The van der Waals surface area contributed by atoms with E-state index in [4.69, 9.17) is 35.6 Å². The lowest BCUT2D eigenvalue weighted by molar-refractivity contribution is -0.230. The van der Waals surface area contributed by atoms with Gasteiger partial charge in [-0.1, -0.05) is 35.9 Å². The second kappa shape index (κ2) is 14.6. The summed E-state index contributed by atoms with van der Waals surface area (Å²) in [4.78, 5) is 17.9. The van der Waals surface area contributed by atoms with Crippen LogP contribution in [0.1, 0.15) is 29.2 Å². The van der Waals surface area contributed by atoms with Crippen molar-refractivity contribution in [1.29, 1.82) is 0 Å². The molecule has 4 rings (SSSR count). The minimum absolute atomic E-state index is 0. The summed E-state index contributed by atoms with van der Waals surface area (Å²) < 4.78 is 32.4. The molecule has 0 amide bonds. The van der Waals surface area contributed by atoms with Crippen LogP contribution in [0.15, 0.2) is 42.5 Å². The molecule has 1 unspecified atom stereocenters. The van der Waals surface area contributed by atoms with Crippen LogP contribution < -0.4 is 4.74 Å². The first kappa shape index (κ1) is 34.3. The highest BCUT2D eigenvalue weighted by molar-refractivity contribution is 7.46. The van der Waals surface area contributed by atoms with E-state index >= 15 is 0 Å². The lowest BCUT2D eigenvalue weighted by atomic mass is 9.90. The Morgan fingerprint density at radius 1 is 0.974 bits per heavy atom. The molecule has 216 valence electrons. The Hall–Kier alpha value is -1.68.